The number of aliphatic hydroxyl groups is 1. The van der Waals surface area contributed by atoms with Crippen molar-refractivity contribution in [3.05, 3.63) is 11.8 Å². The first-order valence-corrected chi connectivity index (χ1v) is 6.66. The van der Waals surface area contributed by atoms with Gasteiger partial charge in [0.1, 0.15) is 5.82 Å². The highest BCUT2D eigenvalue weighted by Gasteiger charge is 2.33. The Morgan fingerprint density at radius 2 is 1.90 bits per heavy atom. The van der Waals surface area contributed by atoms with Gasteiger partial charge in [0.2, 0.25) is 5.95 Å². The molecule has 1 aromatic rings. The summed E-state index contributed by atoms with van der Waals surface area (Å²) in [6.45, 7) is 3.99. The van der Waals surface area contributed by atoms with Crippen LogP contribution in [0, 0.1) is 5.92 Å². The minimum atomic E-state index is -4.60. The van der Waals surface area contributed by atoms with Gasteiger partial charge in [0.15, 0.2) is 5.69 Å². The lowest BCUT2D eigenvalue weighted by atomic mass is 9.96. The molecule has 1 rings (SSSR count). The van der Waals surface area contributed by atoms with Crippen LogP contribution in [0.15, 0.2) is 6.07 Å². The van der Waals surface area contributed by atoms with Crippen LogP contribution in [-0.2, 0) is 6.18 Å². The SMILES string of the molecule is CCC(CC)C(O)CNc1cc(C(F)(F)F)nc(NN)n1. The fourth-order valence-corrected chi connectivity index (χ4v) is 1.96. The van der Waals surface area contributed by atoms with Gasteiger partial charge in [-0.25, -0.2) is 10.8 Å². The zero-order valence-corrected chi connectivity index (χ0v) is 11.9. The smallest absolute Gasteiger partial charge is 0.391 e. The average molecular weight is 307 g/mol. The fraction of sp³-hybridized carbons (Fsp3) is 0.667. The third-order valence-electron chi connectivity index (χ3n) is 3.23. The Morgan fingerprint density at radius 3 is 2.38 bits per heavy atom. The van der Waals surface area contributed by atoms with Crippen molar-refractivity contribution in [1.82, 2.24) is 9.97 Å². The number of nitrogens with one attached hydrogen (secondary N) is 2. The van der Waals surface area contributed by atoms with Crippen LogP contribution in [-0.4, -0.2) is 27.7 Å². The van der Waals surface area contributed by atoms with E-state index in [1.165, 1.54) is 0 Å². The Hall–Kier alpha value is -1.61. The first-order chi connectivity index (χ1) is 9.81. The van der Waals surface area contributed by atoms with Gasteiger partial charge in [-0.2, -0.15) is 18.2 Å². The lowest BCUT2D eigenvalue weighted by molar-refractivity contribution is -0.141. The van der Waals surface area contributed by atoms with Gasteiger partial charge >= 0.3 is 6.18 Å². The van der Waals surface area contributed by atoms with E-state index in [-0.39, 0.29) is 24.2 Å². The Kier molecular flexibility index (Phi) is 6.16. The van der Waals surface area contributed by atoms with Crippen LogP contribution < -0.4 is 16.6 Å². The van der Waals surface area contributed by atoms with Gasteiger partial charge in [-0.3, -0.25) is 5.43 Å². The molecule has 6 nitrogen and oxygen atoms in total. The van der Waals surface area contributed by atoms with E-state index < -0.39 is 18.0 Å². The number of nitrogen functional groups attached to an aromatic ring is 1. The number of halogens is 3. The van der Waals surface area contributed by atoms with Gasteiger partial charge in [0.05, 0.1) is 6.10 Å². The number of nitrogens with zero attached hydrogens (tertiary/aromatic N) is 2. The fourth-order valence-electron chi connectivity index (χ4n) is 1.96. The summed E-state index contributed by atoms with van der Waals surface area (Å²) >= 11 is 0. The number of anilines is 2. The maximum Gasteiger partial charge on any atom is 0.433 e. The maximum atomic E-state index is 12.7. The van der Waals surface area contributed by atoms with E-state index in [9.17, 15) is 18.3 Å². The Morgan fingerprint density at radius 1 is 1.29 bits per heavy atom. The van der Waals surface area contributed by atoms with E-state index in [1.807, 2.05) is 19.3 Å². The van der Waals surface area contributed by atoms with Crippen molar-refractivity contribution in [1.29, 1.82) is 0 Å². The van der Waals surface area contributed by atoms with E-state index in [2.05, 4.69) is 15.3 Å². The van der Waals surface area contributed by atoms with Crippen LogP contribution in [0.2, 0.25) is 0 Å². The second-order valence-corrected chi connectivity index (χ2v) is 4.63. The van der Waals surface area contributed by atoms with Gasteiger partial charge in [-0.15, -0.1) is 0 Å². The third-order valence-corrected chi connectivity index (χ3v) is 3.23. The molecule has 1 heterocycles. The molecule has 0 aliphatic heterocycles. The quantitative estimate of drug-likeness (QED) is 0.454. The zero-order chi connectivity index (χ0) is 16.0. The normalized spacial score (nSPS) is 13.3. The van der Waals surface area contributed by atoms with Crippen molar-refractivity contribution in [2.24, 2.45) is 11.8 Å². The molecule has 0 radical (unpaired) electrons. The molecule has 21 heavy (non-hydrogen) atoms. The predicted molar refractivity (Wildman–Crippen MR) is 73.4 cm³/mol. The van der Waals surface area contributed by atoms with Crippen molar-refractivity contribution in [2.45, 2.75) is 39.0 Å². The number of aliphatic hydroxyl groups excluding tert-OH is 1. The van der Waals surface area contributed by atoms with Gasteiger partial charge in [-0.05, 0) is 5.92 Å². The molecule has 1 atom stereocenters. The van der Waals surface area contributed by atoms with E-state index in [4.69, 9.17) is 5.84 Å². The highest BCUT2D eigenvalue weighted by atomic mass is 19.4. The third kappa shape index (κ3) is 5.01. The zero-order valence-electron chi connectivity index (χ0n) is 11.9. The van der Waals surface area contributed by atoms with E-state index in [1.54, 1.807) is 0 Å². The highest BCUT2D eigenvalue weighted by Crippen LogP contribution is 2.29. The average Bonchev–Trinajstić information content (AvgIpc) is 2.45. The molecule has 5 N–H and O–H groups in total. The maximum absolute atomic E-state index is 12.7. The molecule has 0 fully saturated rings. The van der Waals surface area contributed by atoms with Crippen molar-refractivity contribution in [3.63, 3.8) is 0 Å². The van der Waals surface area contributed by atoms with Crippen LogP contribution in [0.25, 0.3) is 0 Å². The number of nitrogens with two attached hydrogens (primary N) is 1. The number of alkyl halides is 3. The van der Waals surface area contributed by atoms with Crippen LogP contribution in [0.1, 0.15) is 32.4 Å². The summed E-state index contributed by atoms with van der Waals surface area (Å²) in [5.74, 6) is 4.75. The number of hydrogen-bond acceptors (Lipinski definition) is 6. The number of aromatic nitrogens is 2. The van der Waals surface area contributed by atoms with Gasteiger partial charge in [-0.1, -0.05) is 26.7 Å². The van der Waals surface area contributed by atoms with E-state index >= 15 is 0 Å². The Bertz CT molecular complexity index is 451. The number of hydrogen-bond donors (Lipinski definition) is 4. The topological polar surface area (TPSA) is 96.1 Å². The molecule has 0 aromatic carbocycles. The summed E-state index contributed by atoms with van der Waals surface area (Å²) < 4.78 is 38.1. The summed E-state index contributed by atoms with van der Waals surface area (Å²) in [6, 6.07) is 0.778. The molecule has 1 aromatic heterocycles. The largest absolute Gasteiger partial charge is 0.433 e. The summed E-state index contributed by atoms with van der Waals surface area (Å²) in [4.78, 5) is 7.02. The van der Waals surface area contributed by atoms with Crippen molar-refractivity contribution in [2.75, 3.05) is 17.3 Å². The van der Waals surface area contributed by atoms with Gasteiger partial charge in [0, 0.05) is 12.6 Å². The van der Waals surface area contributed by atoms with Crippen molar-refractivity contribution < 1.29 is 18.3 Å². The lowest BCUT2D eigenvalue weighted by Gasteiger charge is -2.21. The molecule has 0 saturated carbocycles. The molecule has 0 spiro atoms. The predicted octanol–water partition coefficient (Wildman–Crippen LogP) is 1.99. The Balaban J connectivity index is 2.83. The van der Waals surface area contributed by atoms with E-state index in [0.29, 0.717) is 0 Å². The lowest BCUT2D eigenvalue weighted by Crippen LogP contribution is -2.28. The van der Waals surface area contributed by atoms with Crippen LogP contribution in [0.3, 0.4) is 0 Å². The standard InChI is InChI=1S/C12H20F3N5O/c1-3-7(4-2)8(21)6-17-10-5-9(12(13,14)15)18-11(19-10)20-16/h5,7-8,21H,3-4,6,16H2,1-2H3,(H2,17,18,19,20). The van der Waals surface area contributed by atoms with Gasteiger partial charge < -0.3 is 10.4 Å². The van der Waals surface area contributed by atoms with Crippen LogP contribution >= 0.6 is 0 Å². The molecule has 9 heteroatoms. The highest BCUT2D eigenvalue weighted by molar-refractivity contribution is 5.42. The van der Waals surface area contributed by atoms with Crippen LogP contribution in [0.4, 0.5) is 24.9 Å². The van der Waals surface area contributed by atoms with Crippen molar-refractivity contribution >= 4 is 11.8 Å². The first kappa shape index (κ1) is 17.4. The monoisotopic (exact) mass is 307 g/mol. The molecule has 1 unspecified atom stereocenters. The Labute approximate surface area is 120 Å². The van der Waals surface area contributed by atoms with E-state index in [0.717, 1.165) is 18.9 Å². The minimum absolute atomic E-state index is 0.0460. The molecular formula is C12H20F3N5O. The number of rotatable bonds is 7. The summed E-state index contributed by atoms with van der Waals surface area (Å²) in [5, 5.41) is 12.6. The molecule has 0 amide bonds. The van der Waals surface area contributed by atoms with Gasteiger partial charge in [0.25, 0.3) is 0 Å². The minimum Gasteiger partial charge on any atom is -0.391 e. The molecule has 0 aliphatic rings. The molecular weight excluding hydrogens is 287 g/mol. The van der Waals surface area contributed by atoms with Crippen LogP contribution in [0.5, 0.6) is 0 Å². The molecule has 0 bridgehead atoms. The summed E-state index contributed by atoms with van der Waals surface area (Å²) in [6.07, 6.45) is -3.70. The second-order valence-electron chi connectivity index (χ2n) is 4.63. The first-order valence-electron chi connectivity index (χ1n) is 6.66. The number of hydrazine groups is 1. The summed E-state index contributed by atoms with van der Waals surface area (Å²) in [5.41, 5.74) is 0.881. The van der Waals surface area contributed by atoms with Crippen molar-refractivity contribution in [3.8, 4) is 0 Å². The summed E-state index contributed by atoms with van der Waals surface area (Å²) in [7, 11) is 0. The molecule has 0 aliphatic carbocycles. The molecule has 120 valence electrons. The second kappa shape index (κ2) is 7.41. The molecule has 0 saturated heterocycles.